The fourth-order valence-electron chi connectivity index (χ4n) is 2.00. The molecule has 0 fully saturated rings. The Morgan fingerprint density at radius 3 is 3.00 bits per heavy atom. The summed E-state index contributed by atoms with van der Waals surface area (Å²) >= 11 is 1.38. The second-order valence-corrected chi connectivity index (χ2v) is 5.36. The zero-order chi connectivity index (χ0) is 12.5. The second kappa shape index (κ2) is 4.38. The summed E-state index contributed by atoms with van der Waals surface area (Å²) in [6.07, 6.45) is 0.708. The van der Waals surface area contributed by atoms with Gasteiger partial charge >= 0.3 is 0 Å². The van der Waals surface area contributed by atoms with Crippen LogP contribution in [0.5, 0.6) is 0 Å². The predicted molar refractivity (Wildman–Crippen MR) is 70.8 cm³/mol. The number of anilines is 2. The van der Waals surface area contributed by atoms with Gasteiger partial charge in [-0.1, -0.05) is 29.5 Å². The Hall–Kier alpha value is -1.95. The van der Waals surface area contributed by atoms with E-state index in [1.54, 1.807) is 0 Å². The van der Waals surface area contributed by atoms with Crippen molar-refractivity contribution in [3.8, 4) is 0 Å². The Balaban J connectivity index is 1.69. The minimum atomic E-state index is -0.230. The van der Waals surface area contributed by atoms with E-state index in [-0.39, 0.29) is 11.9 Å². The third-order valence-corrected chi connectivity index (χ3v) is 3.60. The lowest BCUT2D eigenvalue weighted by molar-refractivity contribution is -0.116. The van der Waals surface area contributed by atoms with Crippen molar-refractivity contribution in [3.05, 3.63) is 34.8 Å². The monoisotopic (exact) mass is 260 g/mol. The molecular formula is C12H12N4OS. The van der Waals surface area contributed by atoms with Gasteiger partial charge in [-0.15, -0.1) is 10.2 Å². The number of aryl methyl sites for hydroxylation is 1. The van der Waals surface area contributed by atoms with Crippen LogP contribution in [0.3, 0.4) is 0 Å². The molecular weight excluding hydrogens is 248 g/mol. The van der Waals surface area contributed by atoms with Gasteiger partial charge in [-0.2, -0.15) is 0 Å². The summed E-state index contributed by atoms with van der Waals surface area (Å²) in [6, 6.07) is 7.73. The maximum atomic E-state index is 12.1. The summed E-state index contributed by atoms with van der Waals surface area (Å²) < 4.78 is 0. The van der Waals surface area contributed by atoms with Gasteiger partial charge < -0.3 is 5.32 Å². The SMILES string of the molecule is Cc1nnc(NC(=O)[C@@H]2Cc3ccccc3N2)s1. The van der Waals surface area contributed by atoms with Crippen molar-refractivity contribution in [2.75, 3.05) is 10.6 Å². The zero-order valence-corrected chi connectivity index (χ0v) is 10.6. The third kappa shape index (κ3) is 2.06. The van der Waals surface area contributed by atoms with Crippen LogP contribution in [0.15, 0.2) is 24.3 Å². The average molecular weight is 260 g/mol. The molecule has 1 aromatic carbocycles. The van der Waals surface area contributed by atoms with E-state index in [1.165, 1.54) is 16.9 Å². The molecule has 2 N–H and O–H groups in total. The molecule has 5 nitrogen and oxygen atoms in total. The number of hydrogen-bond acceptors (Lipinski definition) is 5. The number of carbonyl (C=O) groups is 1. The molecule has 1 amide bonds. The predicted octanol–water partition coefficient (Wildman–Crippen LogP) is 1.82. The fourth-order valence-corrected chi connectivity index (χ4v) is 2.59. The maximum absolute atomic E-state index is 12.1. The van der Waals surface area contributed by atoms with Crippen LogP contribution in [0.25, 0.3) is 0 Å². The van der Waals surface area contributed by atoms with Crippen molar-refractivity contribution >= 4 is 28.1 Å². The van der Waals surface area contributed by atoms with E-state index in [4.69, 9.17) is 0 Å². The number of benzene rings is 1. The molecule has 1 aromatic heterocycles. The fraction of sp³-hybridized carbons (Fsp3) is 0.250. The highest BCUT2D eigenvalue weighted by molar-refractivity contribution is 7.15. The molecule has 6 heteroatoms. The van der Waals surface area contributed by atoms with Crippen LogP contribution in [0.1, 0.15) is 10.6 Å². The van der Waals surface area contributed by atoms with Gasteiger partial charge in [-0.25, -0.2) is 0 Å². The smallest absolute Gasteiger partial charge is 0.249 e. The Bertz CT molecular complexity index is 570. The first-order valence-electron chi connectivity index (χ1n) is 5.68. The Labute approximate surface area is 108 Å². The number of hydrogen-bond donors (Lipinski definition) is 2. The number of para-hydroxylation sites is 1. The van der Waals surface area contributed by atoms with Crippen molar-refractivity contribution in [1.29, 1.82) is 0 Å². The first kappa shape index (κ1) is 11.2. The standard InChI is InChI=1S/C12H12N4OS/c1-7-15-16-12(18-7)14-11(17)10-6-8-4-2-3-5-9(8)13-10/h2-5,10,13H,6H2,1H3,(H,14,16,17)/t10-/m0/s1. The minimum Gasteiger partial charge on any atom is -0.373 e. The van der Waals surface area contributed by atoms with E-state index in [0.717, 1.165) is 10.7 Å². The molecule has 0 saturated heterocycles. The van der Waals surface area contributed by atoms with E-state index >= 15 is 0 Å². The summed E-state index contributed by atoms with van der Waals surface area (Å²) in [7, 11) is 0. The Morgan fingerprint density at radius 2 is 2.28 bits per heavy atom. The van der Waals surface area contributed by atoms with Gasteiger partial charge in [0.1, 0.15) is 11.0 Å². The van der Waals surface area contributed by atoms with Crippen LogP contribution in [-0.2, 0) is 11.2 Å². The Morgan fingerprint density at radius 1 is 1.44 bits per heavy atom. The molecule has 0 aliphatic carbocycles. The highest BCUT2D eigenvalue weighted by Gasteiger charge is 2.26. The summed E-state index contributed by atoms with van der Waals surface area (Å²) in [4.78, 5) is 12.1. The highest BCUT2D eigenvalue weighted by atomic mass is 32.1. The molecule has 1 atom stereocenters. The van der Waals surface area contributed by atoms with E-state index in [2.05, 4.69) is 20.8 Å². The van der Waals surface area contributed by atoms with Crippen LogP contribution in [0.2, 0.25) is 0 Å². The van der Waals surface area contributed by atoms with Crippen molar-refractivity contribution in [1.82, 2.24) is 10.2 Å². The van der Waals surface area contributed by atoms with Crippen LogP contribution < -0.4 is 10.6 Å². The summed E-state index contributed by atoms with van der Waals surface area (Å²) in [6.45, 7) is 1.86. The van der Waals surface area contributed by atoms with Crippen LogP contribution in [0.4, 0.5) is 10.8 Å². The highest BCUT2D eigenvalue weighted by Crippen LogP contribution is 2.26. The molecule has 18 heavy (non-hydrogen) atoms. The maximum Gasteiger partial charge on any atom is 0.249 e. The van der Waals surface area contributed by atoms with Gasteiger partial charge in [-0.05, 0) is 18.6 Å². The van der Waals surface area contributed by atoms with E-state index in [1.807, 2.05) is 31.2 Å². The van der Waals surface area contributed by atoms with Gasteiger partial charge in [-0.3, -0.25) is 10.1 Å². The number of aromatic nitrogens is 2. The van der Waals surface area contributed by atoms with Crippen LogP contribution >= 0.6 is 11.3 Å². The van der Waals surface area contributed by atoms with Crippen LogP contribution in [-0.4, -0.2) is 22.1 Å². The number of nitrogens with one attached hydrogen (secondary N) is 2. The molecule has 92 valence electrons. The molecule has 2 aromatic rings. The van der Waals surface area contributed by atoms with Gasteiger partial charge in [0.25, 0.3) is 0 Å². The molecule has 0 saturated carbocycles. The summed E-state index contributed by atoms with van der Waals surface area (Å²) in [5.74, 6) is -0.0673. The first-order valence-corrected chi connectivity index (χ1v) is 6.49. The van der Waals surface area contributed by atoms with E-state index < -0.39 is 0 Å². The molecule has 0 spiro atoms. The van der Waals surface area contributed by atoms with Crippen molar-refractivity contribution in [2.45, 2.75) is 19.4 Å². The quantitative estimate of drug-likeness (QED) is 0.864. The number of fused-ring (bicyclic) bond motifs is 1. The lowest BCUT2D eigenvalue weighted by Crippen LogP contribution is -2.32. The van der Waals surface area contributed by atoms with Gasteiger partial charge in [0.15, 0.2) is 0 Å². The number of nitrogens with zero attached hydrogens (tertiary/aromatic N) is 2. The van der Waals surface area contributed by atoms with Gasteiger partial charge in [0.2, 0.25) is 11.0 Å². The number of carbonyl (C=O) groups excluding carboxylic acids is 1. The minimum absolute atomic E-state index is 0.0673. The van der Waals surface area contributed by atoms with Gasteiger partial charge in [0, 0.05) is 12.1 Å². The summed E-state index contributed by atoms with van der Waals surface area (Å²) in [5.41, 5.74) is 2.21. The molecule has 1 aliphatic heterocycles. The first-order chi connectivity index (χ1) is 8.72. The Kier molecular flexibility index (Phi) is 2.71. The molecule has 1 aliphatic rings. The average Bonchev–Trinajstić information content (AvgIpc) is 2.95. The molecule has 2 heterocycles. The van der Waals surface area contributed by atoms with Crippen LogP contribution in [0, 0.1) is 6.92 Å². The second-order valence-electron chi connectivity index (χ2n) is 4.17. The topological polar surface area (TPSA) is 66.9 Å². The van der Waals surface area contributed by atoms with E-state index in [0.29, 0.717) is 11.6 Å². The molecule has 0 unspecified atom stereocenters. The number of rotatable bonds is 2. The summed E-state index contributed by atoms with van der Waals surface area (Å²) in [5, 5.41) is 15.1. The largest absolute Gasteiger partial charge is 0.373 e. The van der Waals surface area contributed by atoms with Crippen molar-refractivity contribution < 1.29 is 4.79 Å². The van der Waals surface area contributed by atoms with Gasteiger partial charge in [0.05, 0.1) is 0 Å². The van der Waals surface area contributed by atoms with Crippen molar-refractivity contribution in [2.24, 2.45) is 0 Å². The molecule has 3 rings (SSSR count). The molecule has 0 bridgehead atoms. The lowest BCUT2D eigenvalue weighted by atomic mass is 10.1. The normalized spacial score (nSPS) is 17.1. The third-order valence-electron chi connectivity index (χ3n) is 2.84. The number of amides is 1. The zero-order valence-electron chi connectivity index (χ0n) is 9.80. The molecule has 0 radical (unpaired) electrons. The lowest BCUT2D eigenvalue weighted by Gasteiger charge is -2.09. The van der Waals surface area contributed by atoms with Crippen molar-refractivity contribution in [3.63, 3.8) is 0 Å². The van der Waals surface area contributed by atoms with E-state index in [9.17, 15) is 4.79 Å².